The minimum atomic E-state index is -4.20. The monoisotopic (exact) mass is 380 g/mol. The van der Waals surface area contributed by atoms with E-state index in [9.17, 15) is 18.0 Å². The Morgan fingerprint density at radius 1 is 1.23 bits per heavy atom. The second-order valence-electron chi connectivity index (χ2n) is 6.93. The van der Waals surface area contributed by atoms with Crippen LogP contribution in [0.15, 0.2) is 30.3 Å². The van der Waals surface area contributed by atoms with Crippen molar-refractivity contribution >= 4 is 17.2 Å². The highest BCUT2D eigenvalue weighted by Gasteiger charge is 2.35. The van der Waals surface area contributed by atoms with Crippen LogP contribution in [0.5, 0.6) is 0 Å². The van der Waals surface area contributed by atoms with Gasteiger partial charge in [-0.25, -0.2) is 0 Å². The highest BCUT2D eigenvalue weighted by atomic mass is 32.1. The number of carbonyl (C=O) groups is 1. The standard InChI is InChI=1S/C19H19F3N2OS/c20-19(21,22)11-24-8-7-14(10-24)23-18(25)16-9-13-6-5-12-3-1-2-4-15(12)17(13)26-16/h1-4,9,14H,5-8,10-11H2,(H,23,25)/t14-/m1/s1. The van der Waals surface area contributed by atoms with E-state index in [4.69, 9.17) is 0 Å². The minimum Gasteiger partial charge on any atom is -0.347 e. The normalized spacial score (nSPS) is 19.9. The van der Waals surface area contributed by atoms with E-state index >= 15 is 0 Å². The lowest BCUT2D eigenvalue weighted by molar-refractivity contribution is -0.143. The molecule has 26 heavy (non-hydrogen) atoms. The molecule has 1 aromatic carbocycles. The number of benzene rings is 1. The topological polar surface area (TPSA) is 32.3 Å². The Bertz CT molecular complexity index is 830. The maximum Gasteiger partial charge on any atom is 0.401 e. The molecule has 0 saturated carbocycles. The minimum absolute atomic E-state index is 0.180. The highest BCUT2D eigenvalue weighted by Crippen LogP contribution is 2.39. The fourth-order valence-electron chi connectivity index (χ4n) is 3.79. The number of likely N-dealkylation sites (tertiary alicyclic amines) is 1. The van der Waals surface area contributed by atoms with E-state index in [0.717, 1.165) is 17.7 Å². The van der Waals surface area contributed by atoms with Crippen molar-refractivity contribution in [2.45, 2.75) is 31.5 Å². The molecule has 3 nitrogen and oxygen atoms in total. The summed E-state index contributed by atoms with van der Waals surface area (Å²) < 4.78 is 37.5. The van der Waals surface area contributed by atoms with Gasteiger partial charge < -0.3 is 5.32 Å². The van der Waals surface area contributed by atoms with Gasteiger partial charge in [-0.05, 0) is 42.0 Å². The number of nitrogens with zero attached hydrogens (tertiary/aromatic N) is 1. The van der Waals surface area contributed by atoms with Crippen LogP contribution in [0, 0.1) is 0 Å². The third-order valence-corrected chi connectivity index (χ3v) is 6.18. The molecule has 2 heterocycles. The molecule has 138 valence electrons. The lowest BCUT2D eigenvalue weighted by Gasteiger charge is -2.18. The first-order valence-corrected chi connectivity index (χ1v) is 9.52. The van der Waals surface area contributed by atoms with Crippen molar-refractivity contribution in [2.75, 3.05) is 19.6 Å². The van der Waals surface area contributed by atoms with Gasteiger partial charge in [-0.3, -0.25) is 9.69 Å². The zero-order valence-corrected chi connectivity index (χ0v) is 14.9. The van der Waals surface area contributed by atoms with Gasteiger partial charge in [0.25, 0.3) is 5.91 Å². The van der Waals surface area contributed by atoms with Gasteiger partial charge in [-0.15, -0.1) is 11.3 Å². The van der Waals surface area contributed by atoms with Crippen molar-refractivity contribution in [3.8, 4) is 10.4 Å². The van der Waals surface area contributed by atoms with Crippen LogP contribution in [0.1, 0.15) is 27.2 Å². The van der Waals surface area contributed by atoms with E-state index in [1.165, 1.54) is 32.9 Å². The Morgan fingerprint density at radius 3 is 2.81 bits per heavy atom. The molecule has 1 N–H and O–H groups in total. The number of nitrogens with one attached hydrogen (secondary N) is 1. The van der Waals surface area contributed by atoms with Crippen LogP contribution in [0.3, 0.4) is 0 Å². The molecule has 0 bridgehead atoms. The fourth-order valence-corrected chi connectivity index (χ4v) is 4.96. The first-order chi connectivity index (χ1) is 12.4. The van der Waals surface area contributed by atoms with Crippen LogP contribution in [-0.2, 0) is 12.8 Å². The van der Waals surface area contributed by atoms with Crippen molar-refractivity contribution in [1.29, 1.82) is 0 Å². The molecule has 1 aliphatic carbocycles. The molecule has 7 heteroatoms. The van der Waals surface area contributed by atoms with Gasteiger partial charge >= 0.3 is 6.18 Å². The van der Waals surface area contributed by atoms with E-state index in [-0.39, 0.29) is 18.5 Å². The molecule has 1 amide bonds. The number of alkyl halides is 3. The van der Waals surface area contributed by atoms with Gasteiger partial charge in [0.1, 0.15) is 0 Å². The Kier molecular flexibility index (Phi) is 4.52. The van der Waals surface area contributed by atoms with Crippen LogP contribution >= 0.6 is 11.3 Å². The van der Waals surface area contributed by atoms with Crippen LogP contribution in [0.25, 0.3) is 10.4 Å². The number of amides is 1. The van der Waals surface area contributed by atoms with E-state index in [1.54, 1.807) is 0 Å². The quantitative estimate of drug-likeness (QED) is 0.877. The molecule has 2 aromatic rings. The smallest absolute Gasteiger partial charge is 0.347 e. The predicted molar refractivity (Wildman–Crippen MR) is 95.5 cm³/mol. The Morgan fingerprint density at radius 2 is 2.00 bits per heavy atom. The molecule has 1 saturated heterocycles. The Labute approximate surface area is 153 Å². The highest BCUT2D eigenvalue weighted by molar-refractivity contribution is 7.17. The molecule has 1 aromatic heterocycles. The molecule has 0 spiro atoms. The summed E-state index contributed by atoms with van der Waals surface area (Å²) in [5.74, 6) is -0.180. The summed E-state index contributed by atoms with van der Waals surface area (Å²) >= 11 is 1.47. The summed E-state index contributed by atoms with van der Waals surface area (Å²) in [6.45, 7) is -0.304. The molecular weight excluding hydrogens is 361 g/mol. The Hall–Kier alpha value is -1.86. The maximum absolute atomic E-state index is 12.6. The van der Waals surface area contributed by atoms with E-state index in [1.807, 2.05) is 18.2 Å². The number of aryl methyl sites for hydroxylation is 2. The molecule has 0 unspecified atom stereocenters. The van der Waals surface area contributed by atoms with E-state index in [0.29, 0.717) is 17.8 Å². The summed E-state index contributed by atoms with van der Waals surface area (Å²) in [6.07, 6.45) is -1.76. The van der Waals surface area contributed by atoms with Gasteiger partial charge in [0.15, 0.2) is 0 Å². The predicted octanol–water partition coefficient (Wildman–Crippen LogP) is 3.88. The Balaban J connectivity index is 1.44. The summed E-state index contributed by atoms with van der Waals surface area (Å²) in [4.78, 5) is 15.7. The van der Waals surface area contributed by atoms with Gasteiger partial charge in [-0.1, -0.05) is 24.3 Å². The van der Waals surface area contributed by atoms with Crippen LogP contribution in [0.4, 0.5) is 13.2 Å². The van der Waals surface area contributed by atoms with E-state index in [2.05, 4.69) is 17.4 Å². The van der Waals surface area contributed by atoms with Crippen LogP contribution < -0.4 is 5.32 Å². The van der Waals surface area contributed by atoms with Gasteiger partial charge in [0.05, 0.1) is 11.4 Å². The summed E-state index contributed by atoms with van der Waals surface area (Å²) in [5, 5.41) is 2.91. The first-order valence-electron chi connectivity index (χ1n) is 8.70. The lowest BCUT2D eigenvalue weighted by atomic mass is 9.91. The molecule has 4 rings (SSSR count). The number of halogens is 3. The third kappa shape index (κ3) is 3.64. The molecule has 0 radical (unpaired) electrons. The number of thiophene rings is 1. The van der Waals surface area contributed by atoms with Crippen molar-refractivity contribution in [2.24, 2.45) is 0 Å². The molecule has 1 fully saturated rings. The van der Waals surface area contributed by atoms with Gasteiger partial charge in [-0.2, -0.15) is 13.2 Å². The average Bonchev–Trinajstić information content (AvgIpc) is 3.20. The van der Waals surface area contributed by atoms with Crippen molar-refractivity contribution in [3.05, 3.63) is 46.3 Å². The van der Waals surface area contributed by atoms with Crippen LogP contribution in [-0.4, -0.2) is 42.7 Å². The summed E-state index contributed by atoms with van der Waals surface area (Å²) in [7, 11) is 0. The molecular formula is C19H19F3N2OS. The van der Waals surface area contributed by atoms with E-state index < -0.39 is 12.7 Å². The van der Waals surface area contributed by atoms with Gasteiger partial charge in [0.2, 0.25) is 0 Å². The summed E-state index contributed by atoms with van der Waals surface area (Å²) in [5.41, 5.74) is 3.67. The average molecular weight is 380 g/mol. The number of hydrogen-bond acceptors (Lipinski definition) is 3. The van der Waals surface area contributed by atoms with Crippen LogP contribution in [0.2, 0.25) is 0 Å². The zero-order valence-electron chi connectivity index (χ0n) is 14.1. The molecule has 2 aliphatic rings. The maximum atomic E-state index is 12.6. The van der Waals surface area contributed by atoms with Gasteiger partial charge in [0, 0.05) is 24.0 Å². The first kappa shape index (κ1) is 17.5. The lowest BCUT2D eigenvalue weighted by Crippen LogP contribution is -2.39. The second-order valence-corrected chi connectivity index (χ2v) is 7.98. The fraction of sp³-hybridized carbons (Fsp3) is 0.421. The summed E-state index contributed by atoms with van der Waals surface area (Å²) in [6, 6.07) is 9.94. The molecule has 1 atom stereocenters. The third-order valence-electron chi connectivity index (χ3n) is 4.97. The van der Waals surface area contributed by atoms with Crippen molar-refractivity contribution < 1.29 is 18.0 Å². The SMILES string of the molecule is O=C(N[C@@H]1CCN(CC(F)(F)F)C1)c1cc2c(s1)-c1ccccc1CC2. The number of fused-ring (bicyclic) bond motifs is 3. The largest absolute Gasteiger partial charge is 0.401 e. The molecule has 1 aliphatic heterocycles. The zero-order chi connectivity index (χ0) is 18.3. The number of rotatable bonds is 3. The van der Waals surface area contributed by atoms with Crippen molar-refractivity contribution in [1.82, 2.24) is 10.2 Å². The number of carbonyl (C=O) groups excluding carboxylic acids is 1. The van der Waals surface area contributed by atoms with Crippen molar-refractivity contribution in [3.63, 3.8) is 0 Å². The number of hydrogen-bond donors (Lipinski definition) is 1. The second kappa shape index (κ2) is 6.70.